The molecule has 2 aromatic rings. The number of primary amides is 1. The van der Waals surface area contributed by atoms with Gasteiger partial charge in [0.25, 0.3) is 0 Å². The molecule has 0 radical (unpaired) electrons. The van der Waals surface area contributed by atoms with Crippen LogP contribution in [-0.4, -0.2) is 35.4 Å². The minimum atomic E-state index is -0.362. The maximum atomic E-state index is 11.2. The highest BCUT2D eigenvalue weighted by atomic mass is 16.2. The Morgan fingerprint density at radius 1 is 0.833 bits per heavy atom. The Hall–Kier alpha value is -2.95. The van der Waals surface area contributed by atoms with Gasteiger partial charge in [-0.1, -0.05) is 48.5 Å². The first-order valence-electron chi connectivity index (χ1n) is 8.11. The summed E-state index contributed by atoms with van der Waals surface area (Å²) in [4.78, 5) is 12.8. The zero-order valence-electron chi connectivity index (χ0n) is 13.3. The first-order valence-corrected chi connectivity index (χ1v) is 8.11. The van der Waals surface area contributed by atoms with Crippen LogP contribution in [-0.2, 0) is 0 Å². The molecule has 120 valence electrons. The lowest BCUT2D eigenvalue weighted by molar-refractivity contribution is 0.207. The minimum absolute atomic E-state index is 0.362. The zero-order valence-corrected chi connectivity index (χ0v) is 13.3. The summed E-state index contributed by atoms with van der Waals surface area (Å²) in [6.07, 6.45) is 1.45. The first kappa shape index (κ1) is 14.6. The third kappa shape index (κ3) is 2.48. The van der Waals surface area contributed by atoms with E-state index in [1.165, 1.54) is 11.1 Å². The summed E-state index contributed by atoms with van der Waals surface area (Å²) in [5, 5.41) is 9.05. The van der Waals surface area contributed by atoms with E-state index in [4.69, 9.17) is 5.73 Å². The highest BCUT2D eigenvalue weighted by molar-refractivity contribution is 6.24. The fourth-order valence-electron chi connectivity index (χ4n) is 3.31. The molecule has 0 aromatic heterocycles. The molecule has 1 fully saturated rings. The summed E-state index contributed by atoms with van der Waals surface area (Å²) >= 11 is 0. The standard InChI is InChI=1S/C19H18N4O/c20-19(24)23-11-9-13(10-12-23)21-22-18-16-7-3-1-5-14(16)15-6-2-4-8-17(15)18/h1-8H,9-12H2,(H2,20,24). The van der Waals surface area contributed by atoms with E-state index in [0.29, 0.717) is 13.1 Å². The predicted octanol–water partition coefficient (Wildman–Crippen LogP) is 3.03. The van der Waals surface area contributed by atoms with Gasteiger partial charge in [0.2, 0.25) is 0 Å². The summed E-state index contributed by atoms with van der Waals surface area (Å²) in [5.74, 6) is 0. The van der Waals surface area contributed by atoms with Crippen LogP contribution in [0.5, 0.6) is 0 Å². The molecular formula is C19H18N4O. The van der Waals surface area contributed by atoms with Crippen LogP contribution in [0.3, 0.4) is 0 Å². The van der Waals surface area contributed by atoms with Crippen molar-refractivity contribution in [2.24, 2.45) is 15.9 Å². The topological polar surface area (TPSA) is 71.1 Å². The Morgan fingerprint density at radius 3 is 1.83 bits per heavy atom. The number of rotatable bonds is 1. The van der Waals surface area contributed by atoms with E-state index in [9.17, 15) is 4.79 Å². The van der Waals surface area contributed by atoms with Crippen LogP contribution < -0.4 is 5.73 Å². The third-order valence-electron chi connectivity index (χ3n) is 4.60. The number of amides is 2. The Kier molecular flexibility index (Phi) is 3.61. The largest absolute Gasteiger partial charge is 0.351 e. The SMILES string of the molecule is NC(=O)N1CCC(=NN=C2c3ccccc3-c3ccccc32)CC1. The lowest BCUT2D eigenvalue weighted by atomic mass is 10.1. The molecule has 0 unspecified atom stereocenters. The van der Waals surface area contributed by atoms with Gasteiger partial charge in [-0.3, -0.25) is 0 Å². The maximum Gasteiger partial charge on any atom is 0.314 e. The van der Waals surface area contributed by atoms with E-state index in [1.54, 1.807) is 4.90 Å². The van der Waals surface area contributed by atoms with E-state index in [0.717, 1.165) is 35.4 Å². The minimum Gasteiger partial charge on any atom is -0.351 e. The van der Waals surface area contributed by atoms with Crippen molar-refractivity contribution >= 4 is 17.5 Å². The number of hydrogen-bond donors (Lipinski definition) is 1. The number of hydrogen-bond acceptors (Lipinski definition) is 3. The van der Waals surface area contributed by atoms with E-state index < -0.39 is 0 Å². The molecule has 5 heteroatoms. The molecular weight excluding hydrogens is 300 g/mol. The highest BCUT2D eigenvalue weighted by Crippen LogP contribution is 2.36. The lowest BCUT2D eigenvalue weighted by Crippen LogP contribution is -2.41. The second-order valence-corrected chi connectivity index (χ2v) is 6.03. The van der Waals surface area contributed by atoms with Gasteiger partial charge >= 0.3 is 6.03 Å². The number of carbonyl (C=O) groups excluding carboxylic acids is 1. The lowest BCUT2D eigenvalue weighted by Gasteiger charge is -2.25. The van der Waals surface area contributed by atoms with Crippen LogP contribution in [0.15, 0.2) is 58.7 Å². The Balaban J connectivity index is 1.66. The van der Waals surface area contributed by atoms with Crippen molar-refractivity contribution in [2.75, 3.05) is 13.1 Å². The molecule has 0 spiro atoms. The molecule has 0 bridgehead atoms. The van der Waals surface area contributed by atoms with Crippen LogP contribution in [0.25, 0.3) is 11.1 Å². The Labute approximate surface area is 140 Å². The van der Waals surface area contributed by atoms with Gasteiger partial charge in [-0.2, -0.15) is 5.10 Å². The summed E-state index contributed by atoms with van der Waals surface area (Å²) in [5.41, 5.74) is 11.9. The van der Waals surface area contributed by atoms with E-state index in [-0.39, 0.29) is 6.03 Å². The molecule has 2 aliphatic rings. The Bertz CT molecular complexity index is 812. The average molecular weight is 318 g/mol. The summed E-state index contributed by atoms with van der Waals surface area (Å²) in [6, 6.07) is 16.2. The molecule has 0 saturated carbocycles. The van der Waals surface area contributed by atoms with Gasteiger partial charge in [0, 0.05) is 42.8 Å². The van der Waals surface area contributed by atoms with Gasteiger partial charge in [-0.15, -0.1) is 5.10 Å². The van der Waals surface area contributed by atoms with Gasteiger partial charge in [0.1, 0.15) is 5.71 Å². The van der Waals surface area contributed by atoms with Gasteiger partial charge in [0.05, 0.1) is 0 Å². The maximum absolute atomic E-state index is 11.2. The van der Waals surface area contributed by atoms with E-state index >= 15 is 0 Å². The molecule has 0 atom stereocenters. The summed E-state index contributed by atoms with van der Waals surface area (Å²) in [6.45, 7) is 1.23. The molecule has 2 N–H and O–H groups in total. The van der Waals surface area contributed by atoms with Crippen LogP contribution in [0, 0.1) is 0 Å². The van der Waals surface area contributed by atoms with Gasteiger partial charge < -0.3 is 10.6 Å². The van der Waals surface area contributed by atoms with Crippen molar-refractivity contribution in [3.05, 3.63) is 59.7 Å². The fourth-order valence-corrected chi connectivity index (χ4v) is 3.31. The highest BCUT2D eigenvalue weighted by Gasteiger charge is 2.24. The van der Waals surface area contributed by atoms with Crippen LogP contribution in [0.4, 0.5) is 4.79 Å². The van der Waals surface area contributed by atoms with E-state index in [2.05, 4.69) is 34.5 Å². The average Bonchev–Trinajstić information content (AvgIpc) is 2.94. The number of urea groups is 1. The number of nitrogens with zero attached hydrogens (tertiary/aromatic N) is 3. The van der Waals surface area contributed by atoms with Crippen LogP contribution in [0.1, 0.15) is 24.0 Å². The molecule has 2 aromatic carbocycles. The quantitative estimate of drug-likeness (QED) is 0.688. The van der Waals surface area contributed by atoms with Crippen molar-refractivity contribution in [1.82, 2.24) is 4.90 Å². The van der Waals surface area contributed by atoms with Crippen LogP contribution in [0.2, 0.25) is 0 Å². The second kappa shape index (κ2) is 5.92. The van der Waals surface area contributed by atoms with Gasteiger partial charge in [0.15, 0.2) is 0 Å². The van der Waals surface area contributed by atoms with Crippen molar-refractivity contribution in [3.8, 4) is 11.1 Å². The summed E-state index contributed by atoms with van der Waals surface area (Å²) in [7, 11) is 0. The molecule has 1 aliphatic carbocycles. The van der Waals surface area contributed by atoms with Crippen molar-refractivity contribution in [1.29, 1.82) is 0 Å². The number of carbonyl (C=O) groups is 1. The van der Waals surface area contributed by atoms with Crippen molar-refractivity contribution < 1.29 is 4.79 Å². The number of piperidine rings is 1. The number of nitrogens with two attached hydrogens (primary N) is 1. The monoisotopic (exact) mass is 318 g/mol. The predicted molar refractivity (Wildman–Crippen MR) is 95.3 cm³/mol. The molecule has 1 saturated heterocycles. The fraction of sp³-hybridized carbons (Fsp3) is 0.211. The molecule has 2 amide bonds. The molecule has 4 rings (SSSR count). The molecule has 24 heavy (non-hydrogen) atoms. The number of fused-ring (bicyclic) bond motifs is 3. The number of likely N-dealkylation sites (tertiary alicyclic amines) is 1. The smallest absolute Gasteiger partial charge is 0.314 e. The molecule has 5 nitrogen and oxygen atoms in total. The summed E-state index contributed by atoms with van der Waals surface area (Å²) < 4.78 is 0. The van der Waals surface area contributed by atoms with Crippen molar-refractivity contribution in [2.45, 2.75) is 12.8 Å². The third-order valence-corrected chi connectivity index (χ3v) is 4.60. The first-order chi connectivity index (χ1) is 11.7. The van der Waals surface area contributed by atoms with E-state index in [1.807, 2.05) is 24.3 Å². The zero-order chi connectivity index (χ0) is 16.5. The Morgan fingerprint density at radius 2 is 1.33 bits per heavy atom. The second-order valence-electron chi connectivity index (χ2n) is 6.03. The molecule has 1 aliphatic heterocycles. The number of benzene rings is 2. The van der Waals surface area contributed by atoms with Crippen molar-refractivity contribution in [3.63, 3.8) is 0 Å². The normalized spacial score (nSPS) is 15.8. The van der Waals surface area contributed by atoms with Crippen LogP contribution >= 0.6 is 0 Å². The molecule has 1 heterocycles. The van der Waals surface area contributed by atoms with Gasteiger partial charge in [-0.05, 0) is 11.1 Å². The van der Waals surface area contributed by atoms with Gasteiger partial charge in [-0.25, -0.2) is 4.79 Å².